The minimum atomic E-state index is 0.208. The number of methoxy groups -OCH3 is 1. The van der Waals surface area contributed by atoms with Gasteiger partial charge in [-0.25, -0.2) is 0 Å². The van der Waals surface area contributed by atoms with Gasteiger partial charge in [0.2, 0.25) is 0 Å². The maximum absolute atomic E-state index is 10.8. The molecule has 14 heavy (non-hydrogen) atoms. The molecule has 2 nitrogen and oxygen atoms in total. The van der Waals surface area contributed by atoms with Gasteiger partial charge in [-0.2, -0.15) is 0 Å². The SMILES string of the molecule is COc1ccc(Br)c(CCC(C)=O)c1. The molecule has 0 spiro atoms. The first-order valence-corrected chi connectivity index (χ1v) is 5.24. The summed E-state index contributed by atoms with van der Waals surface area (Å²) < 4.78 is 6.14. The molecule has 0 bridgehead atoms. The van der Waals surface area contributed by atoms with Gasteiger partial charge < -0.3 is 9.53 Å². The fourth-order valence-electron chi connectivity index (χ4n) is 1.18. The summed E-state index contributed by atoms with van der Waals surface area (Å²) in [4.78, 5) is 10.8. The van der Waals surface area contributed by atoms with Crippen molar-refractivity contribution in [3.8, 4) is 5.75 Å². The molecule has 3 heteroatoms. The van der Waals surface area contributed by atoms with Crippen molar-refractivity contribution in [1.29, 1.82) is 0 Å². The summed E-state index contributed by atoms with van der Waals surface area (Å²) >= 11 is 3.44. The maximum atomic E-state index is 10.8. The molecule has 0 saturated carbocycles. The van der Waals surface area contributed by atoms with Crippen molar-refractivity contribution in [3.05, 3.63) is 28.2 Å². The summed E-state index contributed by atoms with van der Waals surface area (Å²) in [5.74, 6) is 1.03. The van der Waals surface area contributed by atoms with Gasteiger partial charge in [-0.05, 0) is 37.1 Å². The molecule has 0 aliphatic carbocycles. The summed E-state index contributed by atoms with van der Waals surface area (Å²) in [5.41, 5.74) is 1.11. The molecular formula is C11H13BrO2. The zero-order chi connectivity index (χ0) is 10.6. The van der Waals surface area contributed by atoms with Crippen LogP contribution in [0.5, 0.6) is 5.75 Å². The molecule has 0 amide bonds. The summed E-state index contributed by atoms with van der Waals surface area (Å²) in [6, 6.07) is 5.78. The standard InChI is InChI=1S/C11H13BrO2/c1-8(13)3-4-9-7-10(14-2)5-6-11(9)12/h5-7H,3-4H2,1-2H3. The van der Waals surface area contributed by atoms with E-state index in [1.165, 1.54) is 0 Å². The summed E-state index contributed by atoms with van der Waals surface area (Å²) in [5, 5.41) is 0. The molecule has 76 valence electrons. The third kappa shape index (κ3) is 3.14. The minimum Gasteiger partial charge on any atom is -0.497 e. The van der Waals surface area contributed by atoms with Crippen LogP contribution >= 0.6 is 15.9 Å². The van der Waals surface area contributed by atoms with E-state index in [-0.39, 0.29) is 5.78 Å². The Balaban J connectivity index is 2.78. The van der Waals surface area contributed by atoms with Gasteiger partial charge in [0.15, 0.2) is 0 Å². The second kappa shape index (κ2) is 5.15. The van der Waals surface area contributed by atoms with E-state index in [1.807, 2.05) is 18.2 Å². The fourth-order valence-corrected chi connectivity index (χ4v) is 1.63. The van der Waals surface area contributed by atoms with Crippen molar-refractivity contribution in [2.75, 3.05) is 7.11 Å². The Morgan fingerprint density at radius 3 is 2.79 bits per heavy atom. The highest BCUT2D eigenvalue weighted by Gasteiger charge is 2.03. The zero-order valence-electron chi connectivity index (χ0n) is 8.34. The Kier molecular flexibility index (Phi) is 4.14. The van der Waals surface area contributed by atoms with Crippen molar-refractivity contribution >= 4 is 21.7 Å². The molecule has 0 aliphatic rings. The highest BCUT2D eigenvalue weighted by atomic mass is 79.9. The summed E-state index contributed by atoms with van der Waals surface area (Å²) in [7, 11) is 1.64. The van der Waals surface area contributed by atoms with Crippen LogP contribution in [0.3, 0.4) is 0 Å². The molecule has 0 radical (unpaired) electrons. The largest absolute Gasteiger partial charge is 0.497 e. The Morgan fingerprint density at radius 1 is 1.50 bits per heavy atom. The number of rotatable bonds is 4. The normalized spacial score (nSPS) is 9.93. The van der Waals surface area contributed by atoms with E-state index in [0.29, 0.717) is 6.42 Å². The number of ketones is 1. The minimum absolute atomic E-state index is 0.208. The summed E-state index contributed by atoms with van der Waals surface area (Å²) in [6.45, 7) is 1.61. The number of aryl methyl sites for hydroxylation is 1. The smallest absolute Gasteiger partial charge is 0.130 e. The number of ether oxygens (including phenoxy) is 1. The number of carbonyl (C=O) groups excluding carboxylic acids is 1. The highest BCUT2D eigenvalue weighted by molar-refractivity contribution is 9.10. The molecule has 0 fully saturated rings. The quantitative estimate of drug-likeness (QED) is 0.828. The average Bonchev–Trinajstić information content (AvgIpc) is 2.16. The number of hydrogen-bond donors (Lipinski definition) is 0. The Bertz CT molecular complexity index is 334. The van der Waals surface area contributed by atoms with Crippen molar-refractivity contribution < 1.29 is 9.53 Å². The van der Waals surface area contributed by atoms with E-state index in [9.17, 15) is 4.79 Å². The first kappa shape index (κ1) is 11.2. The lowest BCUT2D eigenvalue weighted by Gasteiger charge is -2.05. The van der Waals surface area contributed by atoms with E-state index in [2.05, 4.69) is 15.9 Å². The molecule has 1 aromatic rings. The van der Waals surface area contributed by atoms with Crippen LogP contribution in [0.1, 0.15) is 18.9 Å². The molecule has 1 rings (SSSR count). The molecular weight excluding hydrogens is 244 g/mol. The Labute approximate surface area is 92.4 Å². The third-order valence-corrected chi connectivity index (χ3v) is 2.77. The first-order chi connectivity index (χ1) is 6.63. The van der Waals surface area contributed by atoms with Gasteiger partial charge in [-0.15, -0.1) is 0 Å². The molecule has 0 aliphatic heterocycles. The topological polar surface area (TPSA) is 26.3 Å². The van der Waals surface area contributed by atoms with Crippen LogP contribution < -0.4 is 4.74 Å². The van der Waals surface area contributed by atoms with E-state index < -0.39 is 0 Å². The lowest BCUT2D eigenvalue weighted by atomic mass is 10.1. The molecule has 0 N–H and O–H groups in total. The Hall–Kier alpha value is -0.830. The lowest BCUT2D eigenvalue weighted by molar-refractivity contribution is -0.116. The van der Waals surface area contributed by atoms with Gasteiger partial charge >= 0.3 is 0 Å². The van der Waals surface area contributed by atoms with Gasteiger partial charge in [0.1, 0.15) is 11.5 Å². The zero-order valence-corrected chi connectivity index (χ0v) is 9.93. The monoisotopic (exact) mass is 256 g/mol. The third-order valence-electron chi connectivity index (χ3n) is 2.00. The Morgan fingerprint density at radius 2 is 2.21 bits per heavy atom. The van der Waals surface area contributed by atoms with Gasteiger partial charge in [0.05, 0.1) is 7.11 Å². The number of benzene rings is 1. The molecule has 0 heterocycles. The molecule has 1 aromatic carbocycles. The van der Waals surface area contributed by atoms with Gasteiger partial charge in [0, 0.05) is 10.9 Å². The van der Waals surface area contributed by atoms with Crippen LogP contribution in [-0.4, -0.2) is 12.9 Å². The predicted molar refractivity (Wildman–Crippen MR) is 59.7 cm³/mol. The van der Waals surface area contributed by atoms with Gasteiger partial charge in [-0.1, -0.05) is 15.9 Å². The van der Waals surface area contributed by atoms with Crippen LogP contribution in [0, 0.1) is 0 Å². The number of halogens is 1. The molecule has 0 atom stereocenters. The second-order valence-corrected chi connectivity index (χ2v) is 4.01. The molecule has 0 saturated heterocycles. The van der Waals surface area contributed by atoms with Crippen molar-refractivity contribution in [3.63, 3.8) is 0 Å². The van der Waals surface area contributed by atoms with Crippen molar-refractivity contribution in [1.82, 2.24) is 0 Å². The first-order valence-electron chi connectivity index (χ1n) is 4.45. The number of carbonyl (C=O) groups is 1. The van der Waals surface area contributed by atoms with E-state index in [4.69, 9.17) is 4.74 Å². The second-order valence-electron chi connectivity index (χ2n) is 3.16. The lowest BCUT2D eigenvalue weighted by Crippen LogP contribution is -1.95. The van der Waals surface area contributed by atoms with Crippen LogP contribution in [-0.2, 0) is 11.2 Å². The van der Waals surface area contributed by atoms with E-state index in [0.717, 1.165) is 22.2 Å². The highest BCUT2D eigenvalue weighted by Crippen LogP contribution is 2.23. The van der Waals surface area contributed by atoms with Crippen LogP contribution in [0.4, 0.5) is 0 Å². The van der Waals surface area contributed by atoms with E-state index in [1.54, 1.807) is 14.0 Å². The van der Waals surface area contributed by atoms with Crippen LogP contribution in [0.25, 0.3) is 0 Å². The maximum Gasteiger partial charge on any atom is 0.130 e. The number of Topliss-reactive ketones (excluding diaryl/α,β-unsaturated/α-hetero) is 1. The van der Waals surface area contributed by atoms with Crippen molar-refractivity contribution in [2.45, 2.75) is 19.8 Å². The van der Waals surface area contributed by atoms with Crippen LogP contribution in [0.15, 0.2) is 22.7 Å². The van der Waals surface area contributed by atoms with Crippen LogP contribution in [0.2, 0.25) is 0 Å². The van der Waals surface area contributed by atoms with Gasteiger partial charge in [0.25, 0.3) is 0 Å². The number of hydrogen-bond acceptors (Lipinski definition) is 2. The summed E-state index contributed by atoms with van der Waals surface area (Å²) in [6.07, 6.45) is 1.33. The average molecular weight is 257 g/mol. The molecule has 0 unspecified atom stereocenters. The van der Waals surface area contributed by atoms with Crippen molar-refractivity contribution in [2.24, 2.45) is 0 Å². The fraction of sp³-hybridized carbons (Fsp3) is 0.364. The van der Waals surface area contributed by atoms with Gasteiger partial charge in [-0.3, -0.25) is 0 Å². The molecule has 0 aromatic heterocycles. The van der Waals surface area contributed by atoms with E-state index >= 15 is 0 Å². The predicted octanol–water partition coefficient (Wildman–Crippen LogP) is 2.98.